The fourth-order valence-corrected chi connectivity index (χ4v) is 3.29. The van der Waals surface area contributed by atoms with Crippen molar-refractivity contribution in [3.05, 3.63) is 94.5 Å². The van der Waals surface area contributed by atoms with E-state index in [0.29, 0.717) is 5.69 Å². The standard InChI is InChI=1S/C23H20ClNO4/c1-28-20-14-19(18(24)13-17(20)23(27)29-2)25-22(26)21(15-9-5-3-6-10-15)16-11-7-4-8-12-16/h3-14,21H,1-2H3,(H,25,26). The van der Waals surface area contributed by atoms with Crippen LogP contribution in [0.5, 0.6) is 5.75 Å². The third kappa shape index (κ3) is 4.58. The van der Waals surface area contributed by atoms with Crippen molar-refractivity contribution in [2.45, 2.75) is 5.92 Å². The molecule has 1 N–H and O–H groups in total. The summed E-state index contributed by atoms with van der Waals surface area (Å²) in [5.41, 5.74) is 2.23. The molecule has 0 aliphatic rings. The molecule has 6 heteroatoms. The summed E-state index contributed by atoms with van der Waals surface area (Å²) in [7, 11) is 2.70. The minimum Gasteiger partial charge on any atom is -0.496 e. The highest BCUT2D eigenvalue weighted by Gasteiger charge is 2.24. The highest BCUT2D eigenvalue weighted by Crippen LogP contribution is 2.33. The summed E-state index contributed by atoms with van der Waals surface area (Å²) in [6, 6.07) is 21.9. The highest BCUT2D eigenvalue weighted by molar-refractivity contribution is 6.34. The monoisotopic (exact) mass is 409 g/mol. The van der Waals surface area contributed by atoms with E-state index >= 15 is 0 Å². The molecule has 0 heterocycles. The minimum absolute atomic E-state index is 0.181. The van der Waals surface area contributed by atoms with Crippen LogP contribution in [0.25, 0.3) is 0 Å². The summed E-state index contributed by atoms with van der Waals surface area (Å²) in [6.07, 6.45) is 0. The van der Waals surface area contributed by atoms with Gasteiger partial charge in [0.05, 0.1) is 30.8 Å². The zero-order chi connectivity index (χ0) is 20.8. The summed E-state index contributed by atoms with van der Waals surface area (Å²) in [5, 5.41) is 3.07. The Morgan fingerprint density at radius 1 is 0.897 bits per heavy atom. The molecular weight excluding hydrogens is 390 g/mol. The van der Waals surface area contributed by atoms with Crippen molar-refractivity contribution in [2.24, 2.45) is 0 Å². The van der Waals surface area contributed by atoms with Crippen LogP contribution < -0.4 is 10.1 Å². The number of benzene rings is 3. The maximum Gasteiger partial charge on any atom is 0.341 e. The van der Waals surface area contributed by atoms with Gasteiger partial charge in [-0.15, -0.1) is 0 Å². The van der Waals surface area contributed by atoms with Crippen LogP contribution in [0.15, 0.2) is 72.8 Å². The van der Waals surface area contributed by atoms with E-state index in [1.807, 2.05) is 60.7 Å². The SMILES string of the molecule is COC(=O)c1cc(Cl)c(NC(=O)C(c2ccccc2)c2ccccc2)cc1OC. The average molecular weight is 410 g/mol. The van der Waals surface area contributed by atoms with Gasteiger partial charge in [0.1, 0.15) is 11.3 Å². The number of nitrogens with one attached hydrogen (secondary N) is 1. The van der Waals surface area contributed by atoms with Crippen molar-refractivity contribution in [1.82, 2.24) is 0 Å². The van der Waals surface area contributed by atoms with Crippen LogP contribution in [-0.4, -0.2) is 26.1 Å². The van der Waals surface area contributed by atoms with Gasteiger partial charge in [-0.25, -0.2) is 4.79 Å². The van der Waals surface area contributed by atoms with E-state index in [0.717, 1.165) is 11.1 Å². The number of ether oxygens (including phenoxy) is 2. The van der Waals surface area contributed by atoms with Crippen LogP contribution in [0, 0.1) is 0 Å². The van der Waals surface area contributed by atoms with E-state index in [4.69, 9.17) is 21.1 Å². The molecule has 0 fully saturated rings. The zero-order valence-electron chi connectivity index (χ0n) is 16.0. The highest BCUT2D eigenvalue weighted by atomic mass is 35.5. The first-order valence-corrected chi connectivity index (χ1v) is 9.29. The van der Waals surface area contributed by atoms with Crippen molar-refractivity contribution in [2.75, 3.05) is 19.5 Å². The summed E-state index contributed by atoms with van der Waals surface area (Å²) in [4.78, 5) is 25.1. The topological polar surface area (TPSA) is 64.6 Å². The van der Waals surface area contributed by atoms with Gasteiger partial charge in [0, 0.05) is 6.07 Å². The Morgan fingerprint density at radius 2 is 1.45 bits per heavy atom. The van der Waals surface area contributed by atoms with Crippen molar-refractivity contribution >= 4 is 29.2 Å². The Kier molecular flexibility index (Phi) is 6.52. The molecule has 3 rings (SSSR count). The van der Waals surface area contributed by atoms with E-state index < -0.39 is 11.9 Å². The van der Waals surface area contributed by atoms with E-state index in [1.54, 1.807) is 0 Å². The second kappa shape index (κ2) is 9.26. The normalized spacial score (nSPS) is 10.5. The molecule has 0 aliphatic heterocycles. The number of esters is 1. The van der Waals surface area contributed by atoms with Gasteiger partial charge in [0.2, 0.25) is 5.91 Å². The van der Waals surface area contributed by atoms with Crippen molar-refractivity contribution < 1.29 is 19.1 Å². The largest absolute Gasteiger partial charge is 0.496 e. The molecule has 29 heavy (non-hydrogen) atoms. The molecule has 0 saturated carbocycles. The fourth-order valence-electron chi connectivity index (χ4n) is 3.08. The second-order valence-corrected chi connectivity index (χ2v) is 6.67. The lowest BCUT2D eigenvalue weighted by molar-refractivity contribution is -0.116. The molecule has 0 aromatic heterocycles. The molecule has 0 bridgehead atoms. The molecule has 0 aliphatic carbocycles. The van der Waals surface area contributed by atoms with Crippen LogP contribution in [-0.2, 0) is 9.53 Å². The van der Waals surface area contributed by atoms with Crippen LogP contribution in [0.1, 0.15) is 27.4 Å². The van der Waals surface area contributed by atoms with E-state index in [9.17, 15) is 9.59 Å². The lowest BCUT2D eigenvalue weighted by Crippen LogP contribution is -2.22. The molecule has 5 nitrogen and oxygen atoms in total. The first-order valence-electron chi connectivity index (χ1n) is 8.91. The van der Waals surface area contributed by atoms with Gasteiger partial charge in [-0.2, -0.15) is 0 Å². The number of hydrogen-bond acceptors (Lipinski definition) is 4. The van der Waals surface area contributed by atoms with Crippen molar-refractivity contribution in [3.8, 4) is 5.75 Å². The van der Waals surface area contributed by atoms with Crippen LogP contribution in [0.2, 0.25) is 5.02 Å². The van der Waals surface area contributed by atoms with Gasteiger partial charge in [0.25, 0.3) is 0 Å². The number of hydrogen-bond donors (Lipinski definition) is 1. The smallest absolute Gasteiger partial charge is 0.341 e. The number of amides is 1. The first kappa shape index (κ1) is 20.4. The molecule has 3 aromatic carbocycles. The molecule has 0 unspecified atom stereocenters. The van der Waals surface area contributed by atoms with Crippen LogP contribution >= 0.6 is 11.6 Å². The molecule has 0 spiro atoms. The number of carbonyl (C=O) groups excluding carboxylic acids is 2. The number of halogens is 1. The number of methoxy groups -OCH3 is 2. The molecule has 0 saturated heterocycles. The van der Waals surface area contributed by atoms with Crippen LogP contribution in [0.3, 0.4) is 0 Å². The van der Waals surface area contributed by atoms with Gasteiger partial charge in [-0.05, 0) is 17.2 Å². The summed E-state index contributed by atoms with van der Waals surface area (Å²) in [5.74, 6) is -1.10. The zero-order valence-corrected chi connectivity index (χ0v) is 16.8. The molecule has 0 radical (unpaired) electrons. The van der Waals surface area contributed by atoms with E-state index in [-0.39, 0.29) is 22.2 Å². The summed E-state index contributed by atoms with van der Waals surface area (Å²) >= 11 is 6.32. The molecular formula is C23H20ClNO4. The van der Waals surface area contributed by atoms with E-state index in [2.05, 4.69) is 5.32 Å². The Hall–Kier alpha value is -3.31. The number of anilines is 1. The van der Waals surface area contributed by atoms with Gasteiger partial charge in [0.15, 0.2) is 0 Å². The maximum absolute atomic E-state index is 13.2. The molecule has 3 aromatic rings. The molecule has 0 atom stereocenters. The van der Waals surface area contributed by atoms with E-state index in [1.165, 1.54) is 26.4 Å². The Morgan fingerprint density at radius 3 is 1.93 bits per heavy atom. The first-order chi connectivity index (χ1) is 14.0. The third-order valence-electron chi connectivity index (χ3n) is 4.48. The maximum atomic E-state index is 13.2. The Bertz CT molecular complexity index is 967. The summed E-state index contributed by atoms with van der Waals surface area (Å²) in [6.45, 7) is 0. The van der Waals surface area contributed by atoms with Crippen LogP contribution in [0.4, 0.5) is 5.69 Å². The van der Waals surface area contributed by atoms with Gasteiger partial charge in [-0.1, -0.05) is 72.3 Å². The Balaban J connectivity index is 1.97. The van der Waals surface area contributed by atoms with Crippen molar-refractivity contribution in [1.29, 1.82) is 0 Å². The van der Waals surface area contributed by atoms with Crippen molar-refractivity contribution in [3.63, 3.8) is 0 Å². The lowest BCUT2D eigenvalue weighted by Gasteiger charge is -2.19. The molecule has 148 valence electrons. The quantitative estimate of drug-likeness (QED) is 0.588. The third-order valence-corrected chi connectivity index (χ3v) is 4.79. The Labute approximate surface area is 174 Å². The average Bonchev–Trinajstić information content (AvgIpc) is 2.76. The lowest BCUT2D eigenvalue weighted by atomic mass is 9.90. The predicted octanol–water partition coefficient (Wildman–Crippen LogP) is 4.91. The number of rotatable bonds is 6. The minimum atomic E-state index is -0.576. The fraction of sp³-hybridized carbons (Fsp3) is 0.130. The second-order valence-electron chi connectivity index (χ2n) is 6.27. The van der Waals surface area contributed by atoms with Gasteiger partial charge in [-0.3, -0.25) is 4.79 Å². The van der Waals surface area contributed by atoms with Gasteiger partial charge < -0.3 is 14.8 Å². The van der Waals surface area contributed by atoms with Gasteiger partial charge >= 0.3 is 5.97 Å². The summed E-state index contributed by atoms with van der Waals surface area (Å²) < 4.78 is 10.0. The predicted molar refractivity (Wildman–Crippen MR) is 113 cm³/mol. The molecule has 1 amide bonds. The number of carbonyl (C=O) groups is 2.